The third kappa shape index (κ3) is 19.6. The van der Waals surface area contributed by atoms with Gasteiger partial charge in [-0.2, -0.15) is 0 Å². The van der Waals surface area contributed by atoms with Crippen LogP contribution in [0.25, 0.3) is 0 Å². The van der Waals surface area contributed by atoms with Crippen molar-refractivity contribution >= 4 is 5.97 Å². The monoisotopic (exact) mass is 770 g/mol. The summed E-state index contributed by atoms with van der Waals surface area (Å²) in [4.78, 5) is 12.9. The average Bonchev–Trinajstić information content (AvgIpc) is 3.67. The Morgan fingerprint density at radius 3 is 1.96 bits per heavy atom. The van der Waals surface area contributed by atoms with Gasteiger partial charge in [-0.1, -0.05) is 56.4 Å². The molecule has 2 aromatic carbocycles. The van der Waals surface area contributed by atoms with Crippen molar-refractivity contribution in [2.45, 2.75) is 78.0 Å². The zero-order valence-corrected chi connectivity index (χ0v) is 32.7. The van der Waals surface area contributed by atoms with Gasteiger partial charge < -0.3 is 47.9 Å². The average molecular weight is 771 g/mol. The lowest BCUT2D eigenvalue weighted by Gasteiger charge is -2.14. The zero-order valence-electron chi connectivity index (χ0n) is 32.7. The topological polar surface area (TPSA) is 143 Å². The molecule has 0 atom stereocenters. The number of carbonyl (C=O) groups is 1. The van der Waals surface area contributed by atoms with E-state index in [4.69, 9.17) is 42.6 Å². The maximum Gasteiger partial charge on any atom is 0.338 e. The number of esters is 1. The van der Waals surface area contributed by atoms with Crippen molar-refractivity contribution in [2.75, 3.05) is 92.4 Å². The molecule has 306 valence electrons. The van der Waals surface area contributed by atoms with E-state index >= 15 is 0 Å². The molecule has 4 rings (SSSR count). The molecule has 0 unspecified atom stereocenters. The minimum absolute atomic E-state index is 0.286. The first kappa shape index (κ1) is 43.9. The maximum atomic E-state index is 12.9. The molecular formula is C41H62N4O10. The fraction of sp³-hybridized carbons (Fsp3) is 0.634. The zero-order chi connectivity index (χ0) is 38.4. The molecule has 55 heavy (non-hydrogen) atoms. The Labute approximate surface area is 326 Å². The SMILES string of the molecule is CCCCNCc1ccc(OCc2cn(CCCCCCCCOC(=O)c3ccc4c(c3)OCCOCCOCCOCCOCCOCCO4)nn2)cc1. The molecule has 0 fully saturated rings. The molecular weight excluding hydrogens is 708 g/mol. The van der Waals surface area contributed by atoms with E-state index in [1.807, 2.05) is 23.0 Å². The minimum atomic E-state index is -0.393. The number of hydrogen-bond donors (Lipinski definition) is 1. The summed E-state index contributed by atoms with van der Waals surface area (Å²) < 4.78 is 52.9. The van der Waals surface area contributed by atoms with Crippen molar-refractivity contribution in [1.82, 2.24) is 20.3 Å². The molecule has 1 aromatic heterocycles. The van der Waals surface area contributed by atoms with Gasteiger partial charge in [-0.25, -0.2) is 4.79 Å². The molecule has 14 nitrogen and oxygen atoms in total. The molecule has 1 N–H and O–H groups in total. The smallest absolute Gasteiger partial charge is 0.338 e. The summed E-state index contributed by atoms with van der Waals surface area (Å²) in [6.45, 7) is 10.9. The lowest BCUT2D eigenvalue weighted by atomic mass is 10.1. The standard InChI is InChI=1S/C41H62N4O10/c1-2-3-16-42-32-35-10-13-38(14-11-35)55-34-37-33-45(44-43-37)17-8-6-4-5-7-9-18-54-41(46)36-12-15-39-40(31-36)53-30-28-51-26-24-49-22-20-47-19-21-48-23-25-50-27-29-52-39/h10-15,31,33,42H,2-9,16-30,32,34H2,1H3. The van der Waals surface area contributed by atoms with Crippen molar-refractivity contribution in [2.24, 2.45) is 0 Å². The van der Waals surface area contributed by atoms with E-state index in [9.17, 15) is 4.79 Å². The highest BCUT2D eigenvalue weighted by molar-refractivity contribution is 5.90. The summed E-state index contributed by atoms with van der Waals surface area (Å²) in [6.07, 6.45) is 10.4. The van der Waals surface area contributed by atoms with Gasteiger partial charge in [0.25, 0.3) is 0 Å². The number of ether oxygens (including phenoxy) is 9. The summed E-state index contributed by atoms with van der Waals surface area (Å²) in [7, 11) is 0. The highest BCUT2D eigenvalue weighted by Gasteiger charge is 2.14. The van der Waals surface area contributed by atoms with Gasteiger partial charge in [0.1, 0.15) is 31.3 Å². The second-order valence-corrected chi connectivity index (χ2v) is 13.1. The molecule has 0 amide bonds. The largest absolute Gasteiger partial charge is 0.487 e. The van der Waals surface area contributed by atoms with E-state index in [0.29, 0.717) is 103 Å². The van der Waals surface area contributed by atoms with Crippen molar-refractivity contribution in [3.63, 3.8) is 0 Å². The first-order valence-corrected chi connectivity index (χ1v) is 20.0. The minimum Gasteiger partial charge on any atom is -0.487 e. The predicted octanol–water partition coefficient (Wildman–Crippen LogP) is 5.80. The van der Waals surface area contributed by atoms with Crippen LogP contribution >= 0.6 is 0 Å². The molecule has 0 bridgehead atoms. The number of nitrogens with one attached hydrogen (secondary N) is 1. The first-order chi connectivity index (χ1) is 27.2. The third-order valence-corrected chi connectivity index (χ3v) is 8.59. The lowest BCUT2D eigenvalue weighted by Crippen LogP contribution is -2.14. The molecule has 1 aliphatic rings. The third-order valence-electron chi connectivity index (χ3n) is 8.59. The van der Waals surface area contributed by atoms with Crippen LogP contribution in [-0.2, 0) is 48.1 Å². The van der Waals surface area contributed by atoms with Crippen LogP contribution in [0.3, 0.4) is 0 Å². The molecule has 3 aromatic rings. The molecule has 0 radical (unpaired) electrons. The Bertz CT molecular complexity index is 1420. The molecule has 1 aliphatic heterocycles. The number of aromatic nitrogens is 3. The second-order valence-electron chi connectivity index (χ2n) is 13.1. The molecule has 2 heterocycles. The molecule has 0 spiro atoms. The molecule has 0 aliphatic carbocycles. The summed E-state index contributed by atoms with van der Waals surface area (Å²) >= 11 is 0. The number of benzene rings is 2. The number of unbranched alkanes of at least 4 members (excludes halogenated alkanes) is 6. The van der Waals surface area contributed by atoms with Gasteiger partial charge in [0.15, 0.2) is 11.5 Å². The van der Waals surface area contributed by atoms with Crippen LogP contribution in [0, 0.1) is 0 Å². The summed E-state index contributed by atoms with van der Waals surface area (Å²) in [6, 6.07) is 13.3. The van der Waals surface area contributed by atoms with Gasteiger partial charge in [0.05, 0.1) is 84.4 Å². The van der Waals surface area contributed by atoms with Crippen LogP contribution in [0.15, 0.2) is 48.7 Å². The molecule has 14 heteroatoms. The Hall–Kier alpha value is -3.79. The van der Waals surface area contributed by atoms with Crippen LogP contribution in [0.2, 0.25) is 0 Å². The Morgan fingerprint density at radius 1 is 0.709 bits per heavy atom. The van der Waals surface area contributed by atoms with E-state index in [-0.39, 0.29) is 6.61 Å². The number of carbonyl (C=O) groups excluding carboxylic acids is 1. The van der Waals surface area contributed by atoms with E-state index in [2.05, 4.69) is 34.7 Å². The second kappa shape index (κ2) is 28.6. The molecule has 0 saturated carbocycles. The van der Waals surface area contributed by atoms with Crippen LogP contribution in [0.4, 0.5) is 0 Å². The van der Waals surface area contributed by atoms with Crippen molar-refractivity contribution in [3.8, 4) is 17.2 Å². The van der Waals surface area contributed by atoms with Gasteiger partial charge in [0.2, 0.25) is 0 Å². The van der Waals surface area contributed by atoms with Gasteiger partial charge >= 0.3 is 5.97 Å². The van der Waals surface area contributed by atoms with Crippen LogP contribution in [0.5, 0.6) is 17.2 Å². The van der Waals surface area contributed by atoms with Crippen LogP contribution < -0.4 is 19.5 Å². The highest BCUT2D eigenvalue weighted by Crippen LogP contribution is 2.29. The Balaban J connectivity index is 1.06. The maximum absolute atomic E-state index is 12.9. The van der Waals surface area contributed by atoms with Crippen LogP contribution in [-0.4, -0.2) is 113 Å². The van der Waals surface area contributed by atoms with E-state index in [0.717, 1.165) is 69.6 Å². The normalized spacial score (nSPS) is 15.5. The fourth-order valence-electron chi connectivity index (χ4n) is 5.51. The van der Waals surface area contributed by atoms with Crippen molar-refractivity contribution in [1.29, 1.82) is 0 Å². The number of rotatable bonds is 18. The lowest BCUT2D eigenvalue weighted by molar-refractivity contribution is -0.0134. The fourth-order valence-corrected chi connectivity index (χ4v) is 5.51. The Morgan fingerprint density at radius 2 is 1.31 bits per heavy atom. The van der Waals surface area contributed by atoms with E-state index < -0.39 is 5.97 Å². The number of aryl methyl sites for hydroxylation is 1. The summed E-state index contributed by atoms with van der Waals surface area (Å²) in [5.41, 5.74) is 2.46. The predicted molar refractivity (Wildman–Crippen MR) is 207 cm³/mol. The van der Waals surface area contributed by atoms with Gasteiger partial charge in [-0.15, -0.1) is 5.10 Å². The Kier molecular flexibility index (Phi) is 22.8. The van der Waals surface area contributed by atoms with Gasteiger partial charge in [-0.05, 0) is 61.7 Å². The van der Waals surface area contributed by atoms with Gasteiger partial charge in [-0.3, -0.25) is 4.68 Å². The van der Waals surface area contributed by atoms with E-state index in [1.165, 1.54) is 18.4 Å². The number of fused-ring (bicyclic) bond motifs is 1. The highest BCUT2D eigenvalue weighted by atomic mass is 16.6. The quantitative estimate of drug-likeness (QED) is 0.123. The molecule has 0 saturated heterocycles. The summed E-state index contributed by atoms with van der Waals surface area (Å²) in [5, 5.41) is 12.0. The van der Waals surface area contributed by atoms with Crippen LogP contribution in [0.1, 0.15) is 79.9 Å². The summed E-state index contributed by atoms with van der Waals surface area (Å²) in [5.74, 6) is 1.40. The number of nitrogens with zero attached hydrogens (tertiary/aromatic N) is 3. The van der Waals surface area contributed by atoms with Gasteiger partial charge in [0, 0.05) is 13.1 Å². The van der Waals surface area contributed by atoms with E-state index in [1.54, 1.807) is 18.2 Å². The number of hydrogen-bond acceptors (Lipinski definition) is 13. The first-order valence-electron chi connectivity index (χ1n) is 20.0. The van der Waals surface area contributed by atoms with Crippen molar-refractivity contribution < 1.29 is 47.4 Å². The van der Waals surface area contributed by atoms with Crippen molar-refractivity contribution in [3.05, 3.63) is 65.5 Å².